The van der Waals surface area contributed by atoms with Crippen molar-refractivity contribution in [3.8, 4) is 0 Å². The molecule has 0 atom stereocenters. The molecule has 0 bridgehead atoms. The molecule has 0 aromatic heterocycles. The molecule has 0 aliphatic carbocycles. The smallest absolute Gasteiger partial charge is 0.223 e. The number of halogens is 2. The third kappa shape index (κ3) is 6.74. The number of nitrogens with one attached hydrogen (secondary N) is 1. The van der Waals surface area contributed by atoms with Crippen LogP contribution in [0.4, 0.5) is 4.39 Å². The molecule has 0 saturated carbocycles. The van der Waals surface area contributed by atoms with Crippen molar-refractivity contribution in [2.75, 3.05) is 25.4 Å². The molecule has 2 aromatic rings. The molecule has 1 fully saturated rings. The van der Waals surface area contributed by atoms with E-state index >= 15 is 0 Å². The van der Waals surface area contributed by atoms with Crippen molar-refractivity contribution < 1.29 is 14.0 Å². The minimum absolute atomic E-state index is 0.00303. The van der Waals surface area contributed by atoms with Gasteiger partial charge in [-0.3, -0.25) is 9.59 Å². The van der Waals surface area contributed by atoms with Crippen LogP contribution in [0.25, 0.3) is 0 Å². The van der Waals surface area contributed by atoms with Crippen LogP contribution in [0.5, 0.6) is 0 Å². The molecule has 1 aliphatic heterocycles. The molecular weight excluding hydrogens is 423 g/mol. The van der Waals surface area contributed by atoms with Crippen LogP contribution in [0.1, 0.15) is 24.8 Å². The fourth-order valence-electron chi connectivity index (χ4n) is 3.50. The van der Waals surface area contributed by atoms with Gasteiger partial charge < -0.3 is 10.2 Å². The molecule has 3 rings (SSSR count). The SMILES string of the molecule is O=C(NCCc1ccccc1F)C1CCN(C(=O)CCSc2ccc(Cl)cc2)CC1. The Morgan fingerprint density at radius 2 is 1.80 bits per heavy atom. The van der Waals surface area contributed by atoms with E-state index in [9.17, 15) is 14.0 Å². The van der Waals surface area contributed by atoms with Gasteiger partial charge in [0.1, 0.15) is 5.82 Å². The highest BCUT2D eigenvalue weighted by Crippen LogP contribution is 2.22. The molecule has 4 nitrogen and oxygen atoms in total. The van der Waals surface area contributed by atoms with E-state index in [1.807, 2.05) is 29.2 Å². The molecule has 1 heterocycles. The number of carbonyl (C=O) groups is 2. The van der Waals surface area contributed by atoms with Gasteiger partial charge in [-0.2, -0.15) is 0 Å². The third-order valence-corrected chi connectivity index (χ3v) is 6.53. The van der Waals surface area contributed by atoms with Gasteiger partial charge in [-0.1, -0.05) is 29.8 Å². The predicted octanol–water partition coefficient (Wildman–Crippen LogP) is 4.56. The number of hydrogen-bond donors (Lipinski definition) is 1. The monoisotopic (exact) mass is 448 g/mol. The Morgan fingerprint density at radius 1 is 1.10 bits per heavy atom. The summed E-state index contributed by atoms with van der Waals surface area (Å²) in [7, 11) is 0. The van der Waals surface area contributed by atoms with E-state index in [-0.39, 0.29) is 23.5 Å². The molecule has 7 heteroatoms. The third-order valence-electron chi connectivity index (χ3n) is 5.27. The largest absolute Gasteiger partial charge is 0.356 e. The van der Waals surface area contributed by atoms with Crippen molar-refractivity contribution in [2.24, 2.45) is 5.92 Å². The summed E-state index contributed by atoms with van der Waals surface area (Å²) in [6.07, 6.45) is 2.29. The number of nitrogens with zero attached hydrogens (tertiary/aromatic N) is 1. The lowest BCUT2D eigenvalue weighted by molar-refractivity contribution is -0.135. The zero-order valence-electron chi connectivity index (χ0n) is 16.8. The highest BCUT2D eigenvalue weighted by Gasteiger charge is 2.26. The Hall–Kier alpha value is -2.05. The van der Waals surface area contributed by atoms with Crippen LogP contribution in [-0.4, -0.2) is 42.1 Å². The molecule has 1 N–H and O–H groups in total. The molecular formula is C23H26ClFN2O2S. The lowest BCUT2D eigenvalue weighted by Gasteiger charge is -2.31. The topological polar surface area (TPSA) is 49.4 Å². The lowest BCUT2D eigenvalue weighted by atomic mass is 9.95. The molecule has 2 amide bonds. The van der Waals surface area contributed by atoms with E-state index in [4.69, 9.17) is 11.6 Å². The molecule has 30 heavy (non-hydrogen) atoms. The maximum atomic E-state index is 13.6. The van der Waals surface area contributed by atoms with Gasteiger partial charge in [0.25, 0.3) is 0 Å². The van der Waals surface area contributed by atoms with E-state index < -0.39 is 0 Å². The van der Waals surface area contributed by atoms with E-state index in [2.05, 4.69) is 5.32 Å². The maximum Gasteiger partial charge on any atom is 0.223 e. The van der Waals surface area contributed by atoms with Gasteiger partial charge in [-0.25, -0.2) is 4.39 Å². The highest BCUT2D eigenvalue weighted by atomic mass is 35.5. The number of carbonyl (C=O) groups excluding carboxylic acids is 2. The van der Waals surface area contributed by atoms with Crippen LogP contribution in [0.15, 0.2) is 53.4 Å². The Balaban J connectivity index is 1.33. The van der Waals surface area contributed by atoms with E-state index in [1.54, 1.807) is 30.0 Å². The minimum atomic E-state index is -0.243. The van der Waals surface area contributed by atoms with Crippen molar-refractivity contribution in [1.82, 2.24) is 10.2 Å². The molecule has 0 radical (unpaired) electrons. The van der Waals surface area contributed by atoms with Crippen molar-refractivity contribution >= 4 is 35.2 Å². The molecule has 160 valence electrons. The van der Waals surface area contributed by atoms with Gasteiger partial charge in [-0.05, 0) is 55.2 Å². The van der Waals surface area contributed by atoms with E-state index in [0.29, 0.717) is 55.9 Å². The first-order valence-corrected chi connectivity index (χ1v) is 11.6. The van der Waals surface area contributed by atoms with Crippen molar-refractivity contribution in [2.45, 2.75) is 30.6 Å². The zero-order valence-corrected chi connectivity index (χ0v) is 18.4. The summed E-state index contributed by atoms with van der Waals surface area (Å²) >= 11 is 7.52. The summed E-state index contributed by atoms with van der Waals surface area (Å²) in [5.74, 6) is 0.522. The first-order chi connectivity index (χ1) is 14.5. The van der Waals surface area contributed by atoms with Crippen LogP contribution < -0.4 is 5.32 Å². The summed E-state index contributed by atoms with van der Waals surface area (Å²) in [5, 5.41) is 3.61. The number of hydrogen-bond acceptors (Lipinski definition) is 3. The Bertz CT molecular complexity index is 855. The molecule has 0 unspecified atom stereocenters. The summed E-state index contributed by atoms with van der Waals surface area (Å²) in [6, 6.07) is 14.2. The van der Waals surface area contributed by atoms with Crippen LogP contribution >= 0.6 is 23.4 Å². The average molecular weight is 449 g/mol. The standard InChI is InChI=1S/C23H26ClFN2O2S/c24-19-5-7-20(8-6-19)30-16-12-22(28)27-14-10-18(11-15-27)23(29)26-13-9-17-3-1-2-4-21(17)25/h1-8,18H,9-16H2,(H,26,29). The Kier molecular flexibility index (Phi) is 8.58. The fraction of sp³-hybridized carbons (Fsp3) is 0.391. The van der Waals surface area contributed by atoms with Crippen LogP contribution in [-0.2, 0) is 16.0 Å². The Morgan fingerprint density at radius 3 is 2.50 bits per heavy atom. The van der Waals surface area contributed by atoms with Gasteiger partial charge >= 0.3 is 0 Å². The second-order valence-corrected chi connectivity index (χ2v) is 8.94. The highest BCUT2D eigenvalue weighted by molar-refractivity contribution is 7.99. The average Bonchev–Trinajstić information content (AvgIpc) is 2.76. The normalized spacial score (nSPS) is 14.5. The van der Waals surface area contributed by atoms with Gasteiger partial charge in [-0.15, -0.1) is 11.8 Å². The molecule has 2 aromatic carbocycles. The quantitative estimate of drug-likeness (QED) is 0.602. The van der Waals surface area contributed by atoms with E-state index in [0.717, 1.165) is 10.6 Å². The van der Waals surface area contributed by atoms with Crippen molar-refractivity contribution in [3.05, 3.63) is 64.9 Å². The van der Waals surface area contributed by atoms with Crippen LogP contribution in [0.2, 0.25) is 5.02 Å². The molecule has 1 aliphatic rings. The second kappa shape index (κ2) is 11.4. The van der Waals surface area contributed by atoms with Crippen LogP contribution in [0.3, 0.4) is 0 Å². The first kappa shape index (κ1) is 22.6. The number of likely N-dealkylation sites (tertiary alicyclic amines) is 1. The van der Waals surface area contributed by atoms with Gasteiger partial charge in [0.15, 0.2) is 0 Å². The molecule has 0 spiro atoms. The number of thioether (sulfide) groups is 1. The second-order valence-electron chi connectivity index (χ2n) is 7.34. The van der Waals surface area contributed by atoms with Crippen molar-refractivity contribution in [1.29, 1.82) is 0 Å². The summed E-state index contributed by atoms with van der Waals surface area (Å²) in [6.45, 7) is 1.63. The first-order valence-electron chi connectivity index (χ1n) is 10.2. The summed E-state index contributed by atoms with van der Waals surface area (Å²) < 4.78 is 13.6. The number of benzene rings is 2. The number of piperidine rings is 1. The van der Waals surface area contributed by atoms with Gasteiger partial charge in [0, 0.05) is 47.6 Å². The summed E-state index contributed by atoms with van der Waals surface area (Å²) in [5.41, 5.74) is 0.606. The Labute approximate surface area is 186 Å². The van der Waals surface area contributed by atoms with Crippen LogP contribution in [0, 0.1) is 11.7 Å². The summed E-state index contributed by atoms with van der Waals surface area (Å²) in [4.78, 5) is 27.8. The lowest BCUT2D eigenvalue weighted by Crippen LogP contribution is -2.43. The zero-order chi connectivity index (χ0) is 21.3. The fourth-order valence-corrected chi connectivity index (χ4v) is 4.47. The van der Waals surface area contributed by atoms with Gasteiger partial charge in [0.2, 0.25) is 11.8 Å². The number of amides is 2. The predicted molar refractivity (Wildman–Crippen MR) is 119 cm³/mol. The van der Waals surface area contributed by atoms with E-state index in [1.165, 1.54) is 6.07 Å². The van der Waals surface area contributed by atoms with Crippen molar-refractivity contribution in [3.63, 3.8) is 0 Å². The maximum absolute atomic E-state index is 13.6. The number of rotatable bonds is 8. The van der Waals surface area contributed by atoms with Gasteiger partial charge in [0.05, 0.1) is 0 Å². The molecule has 1 saturated heterocycles. The minimum Gasteiger partial charge on any atom is -0.356 e.